The maximum Gasteiger partial charge on any atom is 0.221 e. The first-order chi connectivity index (χ1) is 12.7. The van der Waals surface area contributed by atoms with Gasteiger partial charge in [-0.3, -0.25) is 19.7 Å². The largest absolute Gasteiger partial charge is 0.380 e. The van der Waals surface area contributed by atoms with Crippen molar-refractivity contribution in [3.05, 3.63) is 60.2 Å². The van der Waals surface area contributed by atoms with E-state index in [1.165, 1.54) is 5.56 Å². The molecule has 6 nitrogen and oxygen atoms in total. The van der Waals surface area contributed by atoms with E-state index >= 15 is 0 Å². The molecule has 0 bridgehead atoms. The van der Waals surface area contributed by atoms with Gasteiger partial charge < -0.3 is 10.1 Å². The molecule has 2 aromatic heterocycles. The van der Waals surface area contributed by atoms with Crippen LogP contribution in [0.5, 0.6) is 0 Å². The van der Waals surface area contributed by atoms with E-state index in [0.717, 1.165) is 31.9 Å². The summed E-state index contributed by atoms with van der Waals surface area (Å²) in [6.07, 6.45) is 5.96. The van der Waals surface area contributed by atoms with Crippen molar-refractivity contribution in [2.24, 2.45) is 11.3 Å². The summed E-state index contributed by atoms with van der Waals surface area (Å²) in [6.45, 7) is 4.63. The Morgan fingerprint density at radius 1 is 1.31 bits per heavy atom. The maximum atomic E-state index is 12.6. The number of nitrogens with zero attached hydrogens (tertiary/aromatic N) is 3. The Morgan fingerprint density at radius 2 is 2.27 bits per heavy atom. The van der Waals surface area contributed by atoms with Gasteiger partial charge in [0, 0.05) is 56.0 Å². The average molecular weight is 352 g/mol. The van der Waals surface area contributed by atoms with E-state index in [-0.39, 0.29) is 11.3 Å². The number of nitrogens with one attached hydrogen (secondary N) is 1. The molecule has 0 saturated carbocycles. The number of carbonyl (C=O) groups is 1. The van der Waals surface area contributed by atoms with Crippen molar-refractivity contribution in [2.45, 2.75) is 19.5 Å². The molecule has 2 aliphatic heterocycles. The van der Waals surface area contributed by atoms with Crippen LogP contribution in [0.3, 0.4) is 0 Å². The number of ether oxygens (including phenoxy) is 1. The Hall–Kier alpha value is -2.31. The van der Waals surface area contributed by atoms with Crippen LogP contribution in [0.4, 0.5) is 0 Å². The van der Waals surface area contributed by atoms with E-state index in [4.69, 9.17) is 4.74 Å². The predicted molar refractivity (Wildman–Crippen MR) is 97.0 cm³/mol. The van der Waals surface area contributed by atoms with Crippen LogP contribution in [0.15, 0.2) is 48.9 Å². The molecule has 2 aliphatic rings. The fourth-order valence-corrected chi connectivity index (χ4v) is 4.14. The minimum absolute atomic E-state index is 0.0730. The monoisotopic (exact) mass is 352 g/mol. The lowest BCUT2D eigenvalue weighted by atomic mass is 9.78. The molecule has 26 heavy (non-hydrogen) atoms. The summed E-state index contributed by atoms with van der Waals surface area (Å²) >= 11 is 0. The highest BCUT2D eigenvalue weighted by atomic mass is 16.5. The van der Waals surface area contributed by atoms with Gasteiger partial charge in [0.2, 0.25) is 5.91 Å². The van der Waals surface area contributed by atoms with Gasteiger partial charge in [-0.2, -0.15) is 0 Å². The molecule has 136 valence electrons. The summed E-state index contributed by atoms with van der Waals surface area (Å²) in [4.78, 5) is 23.4. The minimum Gasteiger partial charge on any atom is -0.380 e. The molecule has 2 atom stereocenters. The molecule has 0 aromatic carbocycles. The number of fused-ring (bicyclic) bond motifs is 1. The first kappa shape index (κ1) is 17.1. The van der Waals surface area contributed by atoms with Gasteiger partial charge >= 0.3 is 0 Å². The molecular weight excluding hydrogens is 328 g/mol. The van der Waals surface area contributed by atoms with Gasteiger partial charge in [-0.05, 0) is 23.8 Å². The van der Waals surface area contributed by atoms with E-state index in [1.807, 2.05) is 30.5 Å². The lowest BCUT2D eigenvalue weighted by Gasteiger charge is -2.26. The van der Waals surface area contributed by atoms with Crippen molar-refractivity contribution in [3.8, 4) is 0 Å². The number of hydrogen-bond acceptors (Lipinski definition) is 5. The molecule has 0 aliphatic carbocycles. The molecule has 4 rings (SSSR count). The molecule has 0 radical (unpaired) electrons. The Bertz CT molecular complexity index is 740. The fraction of sp³-hybridized carbons (Fsp3) is 0.450. The highest BCUT2D eigenvalue weighted by Gasteiger charge is 2.51. The van der Waals surface area contributed by atoms with E-state index < -0.39 is 0 Å². The van der Waals surface area contributed by atoms with Crippen LogP contribution in [0, 0.1) is 11.3 Å². The topological polar surface area (TPSA) is 67.3 Å². The van der Waals surface area contributed by atoms with Crippen molar-refractivity contribution in [3.63, 3.8) is 0 Å². The first-order valence-electron chi connectivity index (χ1n) is 9.09. The SMILES string of the molecule is O=C(C[C@@]12COC[C@@H]1CN(Cc1cccnc1)C2)NCc1ccccn1. The van der Waals surface area contributed by atoms with Crippen molar-refractivity contribution < 1.29 is 9.53 Å². The molecule has 0 spiro atoms. The van der Waals surface area contributed by atoms with Gasteiger partial charge in [0.05, 0.1) is 25.5 Å². The second-order valence-corrected chi connectivity index (χ2v) is 7.38. The van der Waals surface area contributed by atoms with Crippen LogP contribution in [0.25, 0.3) is 0 Å². The summed E-state index contributed by atoms with van der Waals surface area (Å²) in [5.41, 5.74) is 2.02. The second kappa shape index (κ2) is 7.51. The standard InChI is InChI=1S/C20H24N4O2/c25-19(23-10-18-5-1-2-7-22-18)8-20-14-24(12-17(20)13-26-15-20)11-16-4-3-6-21-9-16/h1-7,9,17H,8,10-15H2,(H,23,25)/t17-,20+/m0/s1. The quantitative estimate of drug-likeness (QED) is 0.856. The zero-order valence-corrected chi connectivity index (χ0v) is 14.8. The van der Waals surface area contributed by atoms with Crippen LogP contribution in [0.1, 0.15) is 17.7 Å². The number of amides is 1. The van der Waals surface area contributed by atoms with Crippen molar-refractivity contribution in [2.75, 3.05) is 26.3 Å². The lowest BCUT2D eigenvalue weighted by Crippen LogP contribution is -2.37. The molecule has 4 heterocycles. The Morgan fingerprint density at radius 3 is 3.08 bits per heavy atom. The van der Waals surface area contributed by atoms with Crippen LogP contribution >= 0.6 is 0 Å². The van der Waals surface area contributed by atoms with Gasteiger partial charge in [-0.25, -0.2) is 0 Å². The minimum atomic E-state index is -0.0730. The lowest BCUT2D eigenvalue weighted by molar-refractivity contribution is -0.123. The van der Waals surface area contributed by atoms with E-state index in [1.54, 1.807) is 12.4 Å². The fourth-order valence-electron chi connectivity index (χ4n) is 4.14. The molecule has 2 aromatic rings. The van der Waals surface area contributed by atoms with Crippen molar-refractivity contribution >= 4 is 5.91 Å². The predicted octanol–water partition coefficient (Wildman–Crippen LogP) is 1.63. The van der Waals surface area contributed by atoms with Crippen LogP contribution < -0.4 is 5.32 Å². The zero-order chi connectivity index (χ0) is 17.8. The third-order valence-electron chi connectivity index (χ3n) is 5.43. The summed E-state index contributed by atoms with van der Waals surface area (Å²) in [7, 11) is 0. The summed E-state index contributed by atoms with van der Waals surface area (Å²) in [5.74, 6) is 0.495. The number of hydrogen-bond donors (Lipinski definition) is 1. The molecule has 0 unspecified atom stereocenters. The third-order valence-corrected chi connectivity index (χ3v) is 5.43. The number of likely N-dealkylation sites (tertiary alicyclic amines) is 1. The maximum absolute atomic E-state index is 12.6. The van der Waals surface area contributed by atoms with Crippen molar-refractivity contribution in [1.29, 1.82) is 0 Å². The van der Waals surface area contributed by atoms with E-state index in [9.17, 15) is 4.79 Å². The molecule has 6 heteroatoms. The molecular formula is C20H24N4O2. The molecule has 1 N–H and O–H groups in total. The van der Waals surface area contributed by atoms with Crippen LogP contribution in [-0.2, 0) is 22.6 Å². The molecule has 1 amide bonds. The molecule has 2 saturated heterocycles. The van der Waals surface area contributed by atoms with Gasteiger partial charge in [0.25, 0.3) is 0 Å². The summed E-state index contributed by atoms with van der Waals surface area (Å²) in [6, 6.07) is 9.80. The molecule has 2 fully saturated rings. The highest BCUT2D eigenvalue weighted by molar-refractivity contribution is 5.76. The Kier molecular flexibility index (Phi) is 4.95. The second-order valence-electron chi connectivity index (χ2n) is 7.38. The van der Waals surface area contributed by atoms with E-state index in [2.05, 4.69) is 26.3 Å². The van der Waals surface area contributed by atoms with Gasteiger partial charge in [0.1, 0.15) is 0 Å². The summed E-state index contributed by atoms with van der Waals surface area (Å²) in [5, 5.41) is 3.01. The Balaban J connectivity index is 1.36. The van der Waals surface area contributed by atoms with Crippen LogP contribution in [-0.4, -0.2) is 47.1 Å². The van der Waals surface area contributed by atoms with Gasteiger partial charge in [-0.1, -0.05) is 12.1 Å². The van der Waals surface area contributed by atoms with Crippen molar-refractivity contribution in [1.82, 2.24) is 20.2 Å². The Labute approximate surface area is 153 Å². The summed E-state index contributed by atoms with van der Waals surface area (Å²) < 4.78 is 5.75. The number of pyridine rings is 2. The first-order valence-corrected chi connectivity index (χ1v) is 9.09. The number of aromatic nitrogens is 2. The van der Waals surface area contributed by atoms with Crippen LogP contribution in [0.2, 0.25) is 0 Å². The average Bonchev–Trinajstić information content (AvgIpc) is 3.18. The normalized spacial score (nSPS) is 25.2. The smallest absolute Gasteiger partial charge is 0.221 e. The van der Waals surface area contributed by atoms with Gasteiger partial charge in [-0.15, -0.1) is 0 Å². The number of carbonyl (C=O) groups excluding carboxylic acids is 1. The van der Waals surface area contributed by atoms with E-state index in [0.29, 0.717) is 25.5 Å². The van der Waals surface area contributed by atoms with Gasteiger partial charge in [0.15, 0.2) is 0 Å². The third kappa shape index (κ3) is 3.76. The highest BCUT2D eigenvalue weighted by Crippen LogP contribution is 2.44. The zero-order valence-electron chi connectivity index (χ0n) is 14.8. The number of rotatable bonds is 6.